The SMILES string of the molecule is CCOC(=O)C(F)(F)[C@H](N)c1cccc(C(F)(F)F)c1. The molecule has 2 N–H and O–H groups in total. The molecular formula is C12H12F5NO2. The number of carbonyl (C=O) groups is 1. The molecule has 0 bridgehead atoms. The van der Waals surface area contributed by atoms with Crippen LogP contribution in [-0.2, 0) is 15.7 Å². The summed E-state index contributed by atoms with van der Waals surface area (Å²) in [5.41, 5.74) is 3.58. The quantitative estimate of drug-likeness (QED) is 0.687. The summed E-state index contributed by atoms with van der Waals surface area (Å²) in [6.07, 6.45) is -4.69. The lowest BCUT2D eigenvalue weighted by Gasteiger charge is -2.22. The van der Waals surface area contributed by atoms with Crippen molar-refractivity contribution in [2.45, 2.75) is 25.1 Å². The van der Waals surface area contributed by atoms with Crippen molar-refractivity contribution in [3.8, 4) is 0 Å². The van der Waals surface area contributed by atoms with Crippen LogP contribution in [-0.4, -0.2) is 18.5 Å². The van der Waals surface area contributed by atoms with E-state index in [1.807, 2.05) is 0 Å². The summed E-state index contributed by atoms with van der Waals surface area (Å²) < 4.78 is 68.9. The average molecular weight is 297 g/mol. The summed E-state index contributed by atoms with van der Waals surface area (Å²) in [6.45, 7) is 1.04. The minimum Gasteiger partial charge on any atom is -0.462 e. The molecule has 0 aliphatic carbocycles. The Morgan fingerprint density at radius 3 is 2.40 bits per heavy atom. The van der Waals surface area contributed by atoms with Gasteiger partial charge in [-0.2, -0.15) is 22.0 Å². The van der Waals surface area contributed by atoms with E-state index in [1.54, 1.807) is 0 Å². The van der Waals surface area contributed by atoms with Gasteiger partial charge in [0.25, 0.3) is 0 Å². The molecule has 0 saturated carbocycles. The van der Waals surface area contributed by atoms with Gasteiger partial charge in [-0.25, -0.2) is 4.79 Å². The summed E-state index contributed by atoms with van der Waals surface area (Å²) >= 11 is 0. The van der Waals surface area contributed by atoms with E-state index in [9.17, 15) is 26.7 Å². The van der Waals surface area contributed by atoms with Crippen molar-refractivity contribution >= 4 is 5.97 Å². The molecule has 0 radical (unpaired) electrons. The van der Waals surface area contributed by atoms with Gasteiger partial charge >= 0.3 is 18.1 Å². The number of hydrogen-bond donors (Lipinski definition) is 1. The van der Waals surface area contributed by atoms with Crippen molar-refractivity contribution in [2.24, 2.45) is 5.73 Å². The predicted molar refractivity (Wildman–Crippen MR) is 60.0 cm³/mol. The van der Waals surface area contributed by atoms with Crippen LogP contribution >= 0.6 is 0 Å². The zero-order valence-corrected chi connectivity index (χ0v) is 10.4. The Bertz CT molecular complexity index is 487. The van der Waals surface area contributed by atoms with Crippen molar-refractivity contribution in [1.29, 1.82) is 0 Å². The maximum atomic E-state index is 13.6. The molecule has 0 aliphatic heterocycles. The molecule has 1 rings (SSSR count). The van der Waals surface area contributed by atoms with Crippen LogP contribution in [0.15, 0.2) is 24.3 Å². The highest BCUT2D eigenvalue weighted by atomic mass is 19.4. The zero-order valence-electron chi connectivity index (χ0n) is 10.4. The van der Waals surface area contributed by atoms with Gasteiger partial charge in [0.15, 0.2) is 0 Å². The second-order valence-electron chi connectivity index (χ2n) is 3.94. The predicted octanol–water partition coefficient (Wildman–Crippen LogP) is 2.90. The molecule has 20 heavy (non-hydrogen) atoms. The van der Waals surface area contributed by atoms with Gasteiger partial charge in [0.1, 0.15) is 6.04 Å². The molecule has 0 amide bonds. The van der Waals surface area contributed by atoms with Gasteiger partial charge in [-0.15, -0.1) is 0 Å². The summed E-state index contributed by atoms with van der Waals surface area (Å²) in [6, 6.07) is 0.923. The normalized spacial score (nSPS) is 13.9. The Morgan fingerprint density at radius 2 is 1.90 bits per heavy atom. The van der Waals surface area contributed by atoms with Gasteiger partial charge in [0.2, 0.25) is 0 Å². The summed E-state index contributed by atoms with van der Waals surface area (Å²) in [7, 11) is 0. The van der Waals surface area contributed by atoms with Crippen LogP contribution in [0.5, 0.6) is 0 Å². The van der Waals surface area contributed by atoms with E-state index >= 15 is 0 Å². The Balaban J connectivity index is 3.09. The number of esters is 1. The smallest absolute Gasteiger partial charge is 0.416 e. The third kappa shape index (κ3) is 3.44. The maximum Gasteiger partial charge on any atom is 0.416 e. The lowest BCUT2D eigenvalue weighted by Crippen LogP contribution is -2.41. The van der Waals surface area contributed by atoms with E-state index in [0.717, 1.165) is 18.2 Å². The summed E-state index contributed by atoms with van der Waals surface area (Å²) in [5, 5.41) is 0. The van der Waals surface area contributed by atoms with Crippen LogP contribution in [0.2, 0.25) is 0 Å². The number of rotatable bonds is 4. The van der Waals surface area contributed by atoms with Crippen molar-refractivity contribution in [1.82, 2.24) is 0 Å². The van der Waals surface area contributed by atoms with Gasteiger partial charge in [0, 0.05) is 0 Å². The van der Waals surface area contributed by atoms with Crippen LogP contribution in [0.4, 0.5) is 22.0 Å². The second-order valence-corrected chi connectivity index (χ2v) is 3.94. The lowest BCUT2D eigenvalue weighted by atomic mass is 9.99. The van der Waals surface area contributed by atoms with Gasteiger partial charge in [-0.05, 0) is 24.6 Å². The third-order valence-corrected chi connectivity index (χ3v) is 2.51. The van der Waals surface area contributed by atoms with E-state index in [-0.39, 0.29) is 6.61 Å². The van der Waals surface area contributed by atoms with E-state index in [2.05, 4.69) is 4.74 Å². The molecule has 1 aromatic carbocycles. The van der Waals surface area contributed by atoms with Crippen molar-refractivity contribution in [3.05, 3.63) is 35.4 Å². The second kappa shape index (κ2) is 5.74. The van der Waals surface area contributed by atoms with E-state index in [4.69, 9.17) is 5.73 Å². The molecule has 112 valence electrons. The third-order valence-electron chi connectivity index (χ3n) is 2.51. The Labute approximate surface area is 111 Å². The van der Waals surface area contributed by atoms with Gasteiger partial charge in [-0.1, -0.05) is 12.1 Å². The van der Waals surface area contributed by atoms with Crippen molar-refractivity contribution in [3.63, 3.8) is 0 Å². The Morgan fingerprint density at radius 1 is 1.30 bits per heavy atom. The molecule has 0 saturated heterocycles. The number of carbonyl (C=O) groups excluding carboxylic acids is 1. The number of hydrogen-bond acceptors (Lipinski definition) is 3. The lowest BCUT2D eigenvalue weighted by molar-refractivity contribution is -0.174. The first kappa shape index (κ1) is 16.4. The molecule has 3 nitrogen and oxygen atoms in total. The van der Waals surface area contributed by atoms with Crippen molar-refractivity contribution in [2.75, 3.05) is 6.61 Å². The molecule has 0 heterocycles. The fourth-order valence-corrected chi connectivity index (χ4v) is 1.47. The van der Waals surface area contributed by atoms with E-state index in [0.29, 0.717) is 6.07 Å². The zero-order chi connectivity index (χ0) is 15.6. The molecule has 1 atom stereocenters. The molecule has 8 heteroatoms. The number of benzene rings is 1. The highest BCUT2D eigenvalue weighted by molar-refractivity contribution is 5.78. The maximum absolute atomic E-state index is 13.6. The van der Waals surface area contributed by atoms with Gasteiger partial charge < -0.3 is 10.5 Å². The largest absolute Gasteiger partial charge is 0.462 e. The standard InChI is InChI=1S/C12H12F5NO2/c1-2-20-10(19)11(13,14)9(18)7-4-3-5-8(6-7)12(15,16)17/h3-6,9H,2,18H2,1H3/t9-/m1/s1. The molecule has 0 fully saturated rings. The highest BCUT2D eigenvalue weighted by Crippen LogP contribution is 2.34. The molecule has 0 aromatic heterocycles. The fraction of sp³-hybridized carbons (Fsp3) is 0.417. The number of alkyl halides is 5. The van der Waals surface area contributed by atoms with E-state index in [1.165, 1.54) is 6.92 Å². The van der Waals surface area contributed by atoms with Crippen LogP contribution in [0.1, 0.15) is 24.1 Å². The first-order chi connectivity index (χ1) is 9.10. The number of nitrogens with two attached hydrogens (primary N) is 1. The van der Waals surface area contributed by atoms with Crippen LogP contribution in [0.25, 0.3) is 0 Å². The molecule has 0 spiro atoms. The van der Waals surface area contributed by atoms with Crippen LogP contribution in [0.3, 0.4) is 0 Å². The first-order valence-corrected chi connectivity index (χ1v) is 5.58. The molecular weight excluding hydrogens is 285 g/mol. The topological polar surface area (TPSA) is 52.3 Å². The van der Waals surface area contributed by atoms with Gasteiger partial charge in [-0.3, -0.25) is 0 Å². The van der Waals surface area contributed by atoms with Gasteiger partial charge in [0.05, 0.1) is 12.2 Å². The highest BCUT2D eigenvalue weighted by Gasteiger charge is 2.48. The Kier molecular flexibility index (Phi) is 4.69. The summed E-state index contributed by atoms with van der Waals surface area (Å²) in [5.74, 6) is -5.98. The number of halogens is 5. The summed E-state index contributed by atoms with van der Waals surface area (Å²) in [4.78, 5) is 11.1. The molecule has 0 aliphatic rings. The molecule has 0 unspecified atom stereocenters. The first-order valence-electron chi connectivity index (χ1n) is 5.58. The van der Waals surface area contributed by atoms with Crippen molar-refractivity contribution < 1.29 is 31.5 Å². The molecule has 1 aromatic rings. The minimum absolute atomic E-state index is 0.288. The monoisotopic (exact) mass is 297 g/mol. The fourth-order valence-electron chi connectivity index (χ4n) is 1.47. The minimum atomic E-state index is -4.69. The van der Waals surface area contributed by atoms with E-state index < -0.39 is 35.2 Å². The van der Waals surface area contributed by atoms with Crippen LogP contribution in [0, 0.1) is 0 Å². The average Bonchev–Trinajstić information content (AvgIpc) is 2.37. The van der Waals surface area contributed by atoms with Crippen LogP contribution < -0.4 is 5.73 Å². The Hall–Kier alpha value is -1.70. The number of ether oxygens (including phenoxy) is 1.